The number of amidine groups is 1. The van der Waals surface area contributed by atoms with Crippen LogP contribution in [0.15, 0.2) is 71.7 Å². The molecule has 3 aromatic rings. The first-order valence-corrected chi connectivity index (χ1v) is 15.8. The Morgan fingerprint density at radius 2 is 1.63 bits per heavy atom. The van der Waals surface area contributed by atoms with E-state index in [9.17, 15) is 27.2 Å². The first-order valence-electron chi connectivity index (χ1n) is 15.8. The zero-order valence-corrected chi connectivity index (χ0v) is 28.5. The number of para-hydroxylation sites is 2. The van der Waals surface area contributed by atoms with Crippen LogP contribution in [-0.2, 0) is 17.4 Å². The van der Waals surface area contributed by atoms with Gasteiger partial charge in [-0.25, -0.2) is 14.2 Å². The summed E-state index contributed by atoms with van der Waals surface area (Å²) < 4.78 is 60.0. The van der Waals surface area contributed by atoms with Gasteiger partial charge < -0.3 is 29.2 Å². The molecule has 0 fully saturated rings. The topological polar surface area (TPSA) is 81.2 Å². The number of anilines is 1. The van der Waals surface area contributed by atoms with E-state index in [0.29, 0.717) is 47.9 Å². The molecule has 1 atom stereocenters. The van der Waals surface area contributed by atoms with Crippen LogP contribution in [0.4, 0.5) is 33.7 Å². The van der Waals surface area contributed by atoms with Crippen LogP contribution < -0.4 is 14.6 Å². The Hall–Kier alpha value is -4.85. The van der Waals surface area contributed by atoms with Crippen molar-refractivity contribution in [3.63, 3.8) is 0 Å². The number of likely N-dealkylation sites (N-methyl/N-ethyl adjacent to an activating group) is 1. The Bertz CT molecular complexity index is 1630. The molecule has 1 aliphatic rings. The summed E-state index contributed by atoms with van der Waals surface area (Å²) >= 11 is 0. The molecule has 0 bridgehead atoms. The van der Waals surface area contributed by atoms with Gasteiger partial charge in [-0.15, -0.1) is 0 Å². The maximum atomic E-state index is 14.6. The lowest BCUT2D eigenvalue weighted by Crippen LogP contribution is -2.55. The fraction of sp³-hybridized carbons (Fsp3) is 0.400. The van der Waals surface area contributed by atoms with E-state index in [1.54, 1.807) is 62.4 Å². The van der Waals surface area contributed by atoms with Gasteiger partial charge in [0.05, 0.1) is 30.3 Å². The van der Waals surface area contributed by atoms with Gasteiger partial charge in [-0.2, -0.15) is 18.2 Å². The molecule has 1 heterocycles. The Balaban J connectivity index is 1.81. The number of benzene rings is 3. The lowest BCUT2D eigenvalue weighted by molar-refractivity contribution is -0.140. The maximum Gasteiger partial charge on any atom is 0.419 e. The van der Waals surface area contributed by atoms with Crippen molar-refractivity contribution in [1.29, 1.82) is 0 Å². The van der Waals surface area contributed by atoms with E-state index in [1.807, 2.05) is 38.1 Å². The number of rotatable bonds is 13. The lowest BCUT2D eigenvalue weighted by atomic mass is 10.0. The summed E-state index contributed by atoms with van der Waals surface area (Å²) in [5.74, 6) is -0.458. The van der Waals surface area contributed by atoms with Gasteiger partial charge in [0.25, 0.3) is 0 Å². The fourth-order valence-electron chi connectivity index (χ4n) is 5.29. The van der Waals surface area contributed by atoms with Crippen LogP contribution >= 0.6 is 0 Å². The van der Waals surface area contributed by atoms with Gasteiger partial charge >= 0.3 is 12.2 Å². The van der Waals surface area contributed by atoms with E-state index in [4.69, 9.17) is 14.6 Å². The molecule has 49 heavy (non-hydrogen) atoms. The van der Waals surface area contributed by atoms with Crippen molar-refractivity contribution in [2.24, 2.45) is 4.99 Å². The normalized spacial score (nSPS) is 13.3. The zero-order valence-electron chi connectivity index (χ0n) is 28.5. The highest BCUT2D eigenvalue weighted by Gasteiger charge is 2.37. The summed E-state index contributed by atoms with van der Waals surface area (Å²) in [6, 6.07) is 15.8. The molecule has 1 aliphatic heterocycles. The maximum absolute atomic E-state index is 14.6. The third-order valence-corrected chi connectivity index (χ3v) is 7.80. The Labute approximate surface area is 284 Å². The molecule has 1 unspecified atom stereocenters. The molecule has 0 saturated carbocycles. The minimum atomic E-state index is -4.87. The van der Waals surface area contributed by atoms with Crippen molar-refractivity contribution in [1.82, 2.24) is 19.6 Å². The summed E-state index contributed by atoms with van der Waals surface area (Å²) in [5.41, 5.74) is -0.214. The number of halogens is 4. The highest BCUT2D eigenvalue weighted by atomic mass is 19.4. The zero-order chi connectivity index (χ0) is 35.9. The quantitative estimate of drug-likeness (QED) is 0.203. The van der Waals surface area contributed by atoms with Crippen molar-refractivity contribution in [3.8, 4) is 11.5 Å². The minimum absolute atomic E-state index is 0.0829. The molecule has 0 spiro atoms. The minimum Gasteiger partial charge on any atom is -0.494 e. The SMILES string of the molecule is CCOc1ccc(N2Oc3ccccc3N=C2C(CCN(C)C(=O)N(C)C)N(CCN(C)C)C(=O)Cc2ccc(C(F)(F)F)c(F)c2)cc1. The predicted octanol–water partition coefficient (Wildman–Crippen LogP) is 6.09. The van der Waals surface area contributed by atoms with E-state index in [2.05, 4.69) is 0 Å². The van der Waals surface area contributed by atoms with Crippen LogP contribution in [0, 0.1) is 5.82 Å². The smallest absolute Gasteiger partial charge is 0.419 e. The molecule has 10 nitrogen and oxygen atoms in total. The molecule has 3 aromatic carbocycles. The van der Waals surface area contributed by atoms with Crippen LogP contribution in [0.25, 0.3) is 0 Å². The van der Waals surface area contributed by atoms with Crippen LogP contribution in [-0.4, -0.2) is 105 Å². The standard InChI is InChI=1S/C35H42F4N6O4/c1-7-48-26-15-13-25(14-16-26)45-33(40-29-10-8-9-11-31(29)49-45)30(18-19-43(6)34(47)42(4)5)44(21-20-41(2)3)32(46)23-24-12-17-27(28(36)22-24)35(37,38)39/h8-17,22,30H,7,18-21,23H2,1-6H3. The van der Waals surface area contributed by atoms with Crippen LogP contribution in [0.1, 0.15) is 24.5 Å². The fourth-order valence-corrected chi connectivity index (χ4v) is 5.29. The molecule has 0 radical (unpaired) electrons. The summed E-state index contributed by atoms with van der Waals surface area (Å²) in [5, 5.41) is 1.53. The van der Waals surface area contributed by atoms with Crippen LogP contribution in [0.5, 0.6) is 11.5 Å². The molecule has 14 heteroatoms. The number of nitrogens with zero attached hydrogens (tertiary/aromatic N) is 6. The van der Waals surface area contributed by atoms with Gasteiger partial charge in [0.15, 0.2) is 11.6 Å². The molecule has 0 aliphatic carbocycles. The molecule has 0 saturated heterocycles. The number of carbonyl (C=O) groups is 2. The molecule has 0 aromatic heterocycles. The first-order chi connectivity index (χ1) is 23.2. The van der Waals surface area contributed by atoms with E-state index >= 15 is 0 Å². The molecular weight excluding hydrogens is 644 g/mol. The number of fused-ring (bicyclic) bond motifs is 1. The molecule has 0 N–H and O–H groups in total. The van der Waals surface area contributed by atoms with Crippen LogP contribution in [0.3, 0.4) is 0 Å². The third-order valence-electron chi connectivity index (χ3n) is 7.80. The van der Waals surface area contributed by atoms with Gasteiger partial charge in [0, 0.05) is 40.8 Å². The number of carbonyl (C=O) groups excluding carboxylic acids is 2. The second-order valence-electron chi connectivity index (χ2n) is 12.0. The van der Waals surface area contributed by atoms with Crippen molar-refractivity contribution < 1.29 is 36.7 Å². The van der Waals surface area contributed by atoms with E-state index in [1.165, 1.54) is 14.9 Å². The second-order valence-corrected chi connectivity index (χ2v) is 12.0. The predicted molar refractivity (Wildman–Crippen MR) is 180 cm³/mol. The number of hydrogen-bond acceptors (Lipinski definition) is 7. The highest BCUT2D eigenvalue weighted by molar-refractivity contribution is 6.04. The summed E-state index contributed by atoms with van der Waals surface area (Å²) in [6.07, 6.45) is -5.03. The van der Waals surface area contributed by atoms with Gasteiger partial charge in [-0.3, -0.25) is 4.79 Å². The van der Waals surface area contributed by atoms with Gasteiger partial charge in [-0.05, 0) is 81.5 Å². The summed E-state index contributed by atoms with van der Waals surface area (Å²) in [6.45, 7) is 3.17. The highest BCUT2D eigenvalue weighted by Crippen LogP contribution is 2.36. The van der Waals surface area contributed by atoms with Crippen LogP contribution in [0.2, 0.25) is 0 Å². The number of urea groups is 1. The monoisotopic (exact) mass is 686 g/mol. The Kier molecular flexibility index (Phi) is 12.1. The number of hydrogen-bond donors (Lipinski definition) is 0. The van der Waals surface area contributed by atoms with E-state index in [-0.39, 0.29) is 37.5 Å². The lowest BCUT2D eigenvalue weighted by Gasteiger charge is -2.39. The Morgan fingerprint density at radius 3 is 2.24 bits per heavy atom. The van der Waals surface area contributed by atoms with Gasteiger partial charge in [0.2, 0.25) is 5.91 Å². The van der Waals surface area contributed by atoms with E-state index in [0.717, 1.165) is 12.1 Å². The first kappa shape index (κ1) is 37.0. The molecule has 4 rings (SSSR count). The molecule has 264 valence electrons. The Morgan fingerprint density at radius 1 is 0.939 bits per heavy atom. The largest absolute Gasteiger partial charge is 0.494 e. The van der Waals surface area contributed by atoms with Crippen molar-refractivity contribution in [2.45, 2.75) is 32.0 Å². The van der Waals surface area contributed by atoms with Crippen molar-refractivity contribution in [3.05, 3.63) is 83.7 Å². The molecular formula is C35H42F4N6O4. The number of hydroxylamine groups is 1. The van der Waals surface area contributed by atoms with E-state index < -0.39 is 29.5 Å². The second kappa shape index (κ2) is 16.0. The number of ether oxygens (including phenoxy) is 1. The number of aliphatic imine (C=N–C) groups is 1. The molecule has 3 amide bonds. The average molecular weight is 687 g/mol. The van der Waals surface area contributed by atoms with Gasteiger partial charge in [0.1, 0.15) is 17.3 Å². The number of amides is 3. The average Bonchev–Trinajstić information content (AvgIpc) is 3.04. The van der Waals surface area contributed by atoms with Crippen molar-refractivity contribution in [2.75, 3.05) is 66.5 Å². The third kappa shape index (κ3) is 9.40. The van der Waals surface area contributed by atoms with Gasteiger partial charge in [-0.1, -0.05) is 18.2 Å². The summed E-state index contributed by atoms with van der Waals surface area (Å²) in [7, 11) is 8.60. The number of alkyl halides is 3. The van der Waals surface area contributed by atoms with Crippen molar-refractivity contribution >= 4 is 29.1 Å². The summed E-state index contributed by atoms with van der Waals surface area (Å²) in [4.78, 5) is 44.9.